The second-order valence-electron chi connectivity index (χ2n) is 4.79. The number of nitrogens with two attached hydrogens (primary N) is 1. The van der Waals surface area contributed by atoms with Crippen molar-refractivity contribution in [2.24, 2.45) is 0 Å². The first kappa shape index (κ1) is 14.8. The van der Waals surface area contributed by atoms with Crippen molar-refractivity contribution < 1.29 is 4.74 Å². The molecule has 0 saturated heterocycles. The molecule has 0 spiro atoms. The van der Waals surface area contributed by atoms with Crippen LogP contribution in [0.5, 0.6) is 5.75 Å². The highest BCUT2D eigenvalue weighted by Gasteiger charge is 2.06. The fraction of sp³-hybridized carbons (Fsp3) is 0.294. The highest BCUT2D eigenvalue weighted by atomic mass is 32.2. The molecule has 0 aliphatic heterocycles. The van der Waals surface area contributed by atoms with Gasteiger partial charge in [0.05, 0.1) is 6.61 Å². The first-order valence-electron chi connectivity index (χ1n) is 6.82. The fourth-order valence-electron chi connectivity index (χ4n) is 2.12. The van der Waals surface area contributed by atoms with Gasteiger partial charge in [0.15, 0.2) is 0 Å². The normalized spacial score (nSPS) is 10.6. The standard InChI is InChI=1S/C17H21NOS/c1-4-19-14-8-9-16(18)17(10-14)20-11-15-12(2)6-5-7-13(15)3/h5-10H,4,11,18H2,1-3H3. The Morgan fingerprint density at radius 3 is 2.45 bits per heavy atom. The molecule has 2 aromatic rings. The number of anilines is 1. The van der Waals surface area contributed by atoms with E-state index in [1.54, 1.807) is 11.8 Å². The molecule has 0 aromatic heterocycles. The summed E-state index contributed by atoms with van der Waals surface area (Å²) in [5.41, 5.74) is 10.9. The molecule has 0 fully saturated rings. The van der Waals surface area contributed by atoms with Crippen molar-refractivity contribution in [3.05, 3.63) is 53.1 Å². The summed E-state index contributed by atoms with van der Waals surface area (Å²) < 4.78 is 5.53. The van der Waals surface area contributed by atoms with E-state index in [2.05, 4.69) is 32.0 Å². The molecule has 106 valence electrons. The van der Waals surface area contributed by atoms with Gasteiger partial charge in [0.2, 0.25) is 0 Å². The Morgan fingerprint density at radius 2 is 1.80 bits per heavy atom. The maximum atomic E-state index is 6.05. The Bertz CT molecular complexity index is 575. The number of rotatable bonds is 5. The molecule has 0 aliphatic rings. The third kappa shape index (κ3) is 3.48. The molecule has 0 unspecified atom stereocenters. The number of aryl methyl sites for hydroxylation is 2. The van der Waals surface area contributed by atoms with E-state index in [-0.39, 0.29) is 0 Å². The van der Waals surface area contributed by atoms with Crippen LogP contribution < -0.4 is 10.5 Å². The molecule has 0 bridgehead atoms. The Morgan fingerprint density at radius 1 is 1.10 bits per heavy atom. The first-order valence-corrected chi connectivity index (χ1v) is 7.80. The third-order valence-corrected chi connectivity index (χ3v) is 4.41. The number of hydrogen-bond donors (Lipinski definition) is 1. The lowest BCUT2D eigenvalue weighted by Gasteiger charge is -2.12. The molecule has 2 rings (SSSR count). The van der Waals surface area contributed by atoms with Gasteiger partial charge < -0.3 is 10.5 Å². The van der Waals surface area contributed by atoms with Crippen molar-refractivity contribution in [2.45, 2.75) is 31.4 Å². The molecule has 0 heterocycles. The molecule has 2 N–H and O–H groups in total. The molecule has 2 aromatic carbocycles. The molecule has 0 saturated carbocycles. The molecule has 0 atom stereocenters. The third-order valence-electron chi connectivity index (χ3n) is 3.31. The molecular formula is C17H21NOS. The Kier molecular flexibility index (Phi) is 4.96. The van der Waals surface area contributed by atoms with Gasteiger partial charge in [-0.15, -0.1) is 11.8 Å². The quantitative estimate of drug-likeness (QED) is 0.646. The summed E-state index contributed by atoms with van der Waals surface area (Å²) in [4.78, 5) is 1.08. The van der Waals surface area contributed by atoms with Crippen LogP contribution in [0.4, 0.5) is 5.69 Å². The monoisotopic (exact) mass is 287 g/mol. The largest absolute Gasteiger partial charge is 0.494 e. The number of nitrogen functional groups attached to an aromatic ring is 1. The van der Waals surface area contributed by atoms with Crippen molar-refractivity contribution in [1.82, 2.24) is 0 Å². The summed E-state index contributed by atoms with van der Waals surface area (Å²) in [6, 6.07) is 12.3. The van der Waals surface area contributed by atoms with Crippen LogP contribution in [-0.2, 0) is 5.75 Å². The van der Waals surface area contributed by atoms with Gasteiger partial charge in [0, 0.05) is 16.3 Å². The lowest BCUT2D eigenvalue weighted by atomic mass is 10.1. The van der Waals surface area contributed by atoms with Crippen LogP contribution in [0.2, 0.25) is 0 Å². The van der Waals surface area contributed by atoms with Crippen molar-refractivity contribution >= 4 is 17.4 Å². The van der Waals surface area contributed by atoms with Gasteiger partial charge in [-0.05, 0) is 55.7 Å². The lowest BCUT2D eigenvalue weighted by Crippen LogP contribution is -1.95. The average molecular weight is 287 g/mol. The van der Waals surface area contributed by atoms with E-state index in [1.807, 2.05) is 25.1 Å². The summed E-state index contributed by atoms with van der Waals surface area (Å²) in [6.45, 7) is 6.97. The summed E-state index contributed by atoms with van der Waals surface area (Å²) in [5, 5.41) is 0. The molecule has 0 aliphatic carbocycles. The van der Waals surface area contributed by atoms with E-state index in [0.29, 0.717) is 6.61 Å². The molecule has 3 heteroatoms. The summed E-state index contributed by atoms with van der Waals surface area (Å²) >= 11 is 1.76. The number of benzene rings is 2. The lowest BCUT2D eigenvalue weighted by molar-refractivity contribution is 0.339. The average Bonchev–Trinajstić information content (AvgIpc) is 2.42. The number of hydrogen-bond acceptors (Lipinski definition) is 3. The van der Waals surface area contributed by atoms with E-state index in [9.17, 15) is 0 Å². The molecule has 2 nitrogen and oxygen atoms in total. The molecular weight excluding hydrogens is 266 g/mol. The number of thioether (sulfide) groups is 1. The van der Waals surface area contributed by atoms with Crippen LogP contribution >= 0.6 is 11.8 Å². The van der Waals surface area contributed by atoms with Gasteiger partial charge in [0.25, 0.3) is 0 Å². The minimum absolute atomic E-state index is 0.672. The van der Waals surface area contributed by atoms with Gasteiger partial charge >= 0.3 is 0 Å². The van der Waals surface area contributed by atoms with Gasteiger partial charge in [0.1, 0.15) is 5.75 Å². The Hall–Kier alpha value is -1.61. The maximum Gasteiger partial charge on any atom is 0.120 e. The Labute approximate surface area is 125 Å². The summed E-state index contributed by atoms with van der Waals surface area (Å²) in [7, 11) is 0. The van der Waals surface area contributed by atoms with E-state index in [4.69, 9.17) is 10.5 Å². The minimum Gasteiger partial charge on any atom is -0.494 e. The van der Waals surface area contributed by atoms with Gasteiger partial charge in [-0.1, -0.05) is 18.2 Å². The van der Waals surface area contributed by atoms with Crippen LogP contribution in [0.1, 0.15) is 23.6 Å². The van der Waals surface area contributed by atoms with E-state index in [0.717, 1.165) is 22.1 Å². The van der Waals surface area contributed by atoms with Crippen LogP contribution in [0.15, 0.2) is 41.3 Å². The highest BCUT2D eigenvalue weighted by molar-refractivity contribution is 7.98. The zero-order valence-electron chi connectivity index (χ0n) is 12.3. The van der Waals surface area contributed by atoms with Gasteiger partial charge in [-0.2, -0.15) is 0 Å². The maximum absolute atomic E-state index is 6.05. The van der Waals surface area contributed by atoms with Crippen LogP contribution in [0.3, 0.4) is 0 Å². The van der Waals surface area contributed by atoms with Gasteiger partial charge in [-0.3, -0.25) is 0 Å². The van der Waals surface area contributed by atoms with Gasteiger partial charge in [-0.25, -0.2) is 0 Å². The zero-order valence-corrected chi connectivity index (χ0v) is 13.1. The topological polar surface area (TPSA) is 35.2 Å². The molecule has 20 heavy (non-hydrogen) atoms. The van der Waals surface area contributed by atoms with Crippen molar-refractivity contribution in [1.29, 1.82) is 0 Å². The molecule has 0 radical (unpaired) electrons. The minimum atomic E-state index is 0.672. The first-order chi connectivity index (χ1) is 9.61. The Balaban J connectivity index is 2.16. The zero-order chi connectivity index (χ0) is 14.5. The predicted molar refractivity (Wildman–Crippen MR) is 87.5 cm³/mol. The van der Waals surface area contributed by atoms with Crippen molar-refractivity contribution in [2.75, 3.05) is 12.3 Å². The number of ether oxygens (including phenoxy) is 1. The van der Waals surface area contributed by atoms with Crippen LogP contribution in [0.25, 0.3) is 0 Å². The van der Waals surface area contributed by atoms with E-state index >= 15 is 0 Å². The fourth-order valence-corrected chi connectivity index (χ4v) is 3.31. The van der Waals surface area contributed by atoms with E-state index in [1.165, 1.54) is 16.7 Å². The summed E-state index contributed by atoms with van der Waals surface area (Å²) in [6.07, 6.45) is 0. The highest BCUT2D eigenvalue weighted by Crippen LogP contribution is 2.32. The summed E-state index contributed by atoms with van der Waals surface area (Å²) in [5.74, 6) is 1.81. The van der Waals surface area contributed by atoms with Crippen molar-refractivity contribution in [3.63, 3.8) is 0 Å². The molecule has 0 amide bonds. The predicted octanol–water partition coefficient (Wildman–Crippen LogP) is 4.58. The SMILES string of the molecule is CCOc1ccc(N)c(SCc2c(C)cccc2C)c1. The smallest absolute Gasteiger partial charge is 0.120 e. The van der Waals surface area contributed by atoms with E-state index < -0.39 is 0 Å². The van der Waals surface area contributed by atoms with Crippen molar-refractivity contribution in [3.8, 4) is 5.75 Å². The second kappa shape index (κ2) is 6.71. The van der Waals surface area contributed by atoms with Crippen LogP contribution in [-0.4, -0.2) is 6.61 Å². The second-order valence-corrected chi connectivity index (χ2v) is 5.81. The van der Waals surface area contributed by atoms with Crippen LogP contribution in [0, 0.1) is 13.8 Å².